The van der Waals surface area contributed by atoms with Crippen molar-refractivity contribution >= 4 is 11.6 Å². The third-order valence-corrected chi connectivity index (χ3v) is 3.22. The third kappa shape index (κ3) is 2.27. The van der Waals surface area contributed by atoms with Crippen LogP contribution in [0.4, 0.5) is 0 Å². The number of nitrogens with one attached hydrogen (secondary N) is 1. The maximum atomic E-state index is 6.22. The van der Waals surface area contributed by atoms with Crippen LogP contribution in [0.1, 0.15) is 30.9 Å². The van der Waals surface area contributed by atoms with Crippen LogP contribution in [0.15, 0.2) is 18.2 Å². The van der Waals surface area contributed by atoms with E-state index in [2.05, 4.69) is 5.32 Å². The highest BCUT2D eigenvalue weighted by atomic mass is 35.5. The molecular weight excluding hydrogens is 210 g/mol. The van der Waals surface area contributed by atoms with Crippen molar-refractivity contribution in [1.29, 1.82) is 0 Å². The highest BCUT2D eigenvalue weighted by molar-refractivity contribution is 6.31. The molecule has 1 atom stereocenters. The van der Waals surface area contributed by atoms with Gasteiger partial charge in [0.2, 0.25) is 0 Å². The van der Waals surface area contributed by atoms with Gasteiger partial charge < -0.3 is 10.1 Å². The third-order valence-electron chi connectivity index (χ3n) is 2.89. The van der Waals surface area contributed by atoms with Gasteiger partial charge in [-0.3, -0.25) is 0 Å². The summed E-state index contributed by atoms with van der Waals surface area (Å²) in [5, 5.41) is 4.29. The Bertz CT molecular complexity index is 334. The van der Waals surface area contributed by atoms with Crippen LogP contribution >= 0.6 is 11.6 Å². The van der Waals surface area contributed by atoms with Crippen molar-refractivity contribution in [3.05, 3.63) is 28.8 Å². The minimum absolute atomic E-state index is 0.349. The molecule has 2 nitrogen and oxygen atoms in total. The Morgan fingerprint density at radius 2 is 2.27 bits per heavy atom. The summed E-state index contributed by atoms with van der Waals surface area (Å²) in [4.78, 5) is 0. The number of hydrogen-bond donors (Lipinski definition) is 1. The Morgan fingerprint density at radius 3 is 2.93 bits per heavy atom. The molecule has 1 heterocycles. The van der Waals surface area contributed by atoms with E-state index in [0.717, 1.165) is 29.3 Å². The first-order valence-corrected chi connectivity index (χ1v) is 5.76. The van der Waals surface area contributed by atoms with Crippen LogP contribution in [0.5, 0.6) is 5.75 Å². The van der Waals surface area contributed by atoms with E-state index in [1.54, 1.807) is 7.11 Å². The Balaban J connectivity index is 2.31. The van der Waals surface area contributed by atoms with Gasteiger partial charge in [-0.25, -0.2) is 0 Å². The molecule has 0 bridgehead atoms. The summed E-state index contributed by atoms with van der Waals surface area (Å²) in [5.41, 5.74) is 1.11. The summed E-state index contributed by atoms with van der Waals surface area (Å²) in [6.07, 6.45) is 3.65. The van der Waals surface area contributed by atoms with E-state index in [1.165, 1.54) is 12.8 Å². The largest absolute Gasteiger partial charge is 0.496 e. The van der Waals surface area contributed by atoms with E-state index < -0.39 is 0 Å². The molecule has 0 spiro atoms. The van der Waals surface area contributed by atoms with Crippen LogP contribution < -0.4 is 10.1 Å². The Labute approximate surface area is 95.6 Å². The van der Waals surface area contributed by atoms with E-state index in [0.29, 0.717) is 6.04 Å². The molecule has 1 unspecified atom stereocenters. The van der Waals surface area contributed by atoms with Crippen LogP contribution in [-0.4, -0.2) is 13.7 Å². The smallest absolute Gasteiger partial charge is 0.125 e. The van der Waals surface area contributed by atoms with Crippen molar-refractivity contribution in [2.24, 2.45) is 0 Å². The molecule has 0 saturated carbocycles. The van der Waals surface area contributed by atoms with Crippen molar-refractivity contribution in [1.82, 2.24) is 5.32 Å². The second-order valence-corrected chi connectivity index (χ2v) is 4.27. The van der Waals surface area contributed by atoms with Crippen molar-refractivity contribution < 1.29 is 4.74 Å². The number of benzene rings is 1. The summed E-state index contributed by atoms with van der Waals surface area (Å²) in [6, 6.07) is 6.17. The standard InChI is InChI=1S/C12H16ClNO/c1-15-11-7-4-5-9(13)12(11)10-6-2-3-8-14-10/h4-5,7,10,14H,2-3,6,8H2,1H3. The number of methoxy groups -OCH3 is 1. The zero-order valence-corrected chi connectivity index (χ0v) is 9.68. The molecule has 1 fully saturated rings. The lowest BCUT2D eigenvalue weighted by molar-refractivity contribution is 0.374. The molecule has 1 aromatic rings. The SMILES string of the molecule is COc1cccc(Cl)c1C1CCCCN1. The highest BCUT2D eigenvalue weighted by Crippen LogP contribution is 2.35. The molecule has 1 aliphatic heterocycles. The fraction of sp³-hybridized carbons (Fsp3) is 0.500. The Kier molecular flexibility index (Phi) is 3.49. The lowest BCUT2D eigenvalue weighted by atomic mass is 9.97. The average Bonchev–Trinajstić information content (AvgIpc) is 2.29. The average molecular weight is 226 g/mol. The van der Waals surface area contributed by atoms with Gasteiger partial charge in [-0.1, -0.05) is 24.1 Å². The van der Waals surface area contributed by atoms with Crippen LogP contribution in [0.3, 0.4) is 0 Å². The second kappa shape index (κ2) is 4.86. The van der Waals surface area contributed by atoms with Crippen LogP contribution in [0.25, 0.3) is 0 Å². The molecule has 1 N–H and O–H groups in total. The highest BCUT2D eigenvalue weighted by Gasteiger charge is 2.20. The molecule has 82 valence electrons. The van der Waals surface area contributed by atoms with Gasteiger partial charge in [-0.2, -0.15) is 0 Å². The molecule has 1 aliphatic rings. The van der Waals surface area contributed by atoms with Crippen molar-refractivity contribution in [3.63, 3.8) is 0 Å². The fourth-order valence-corrected chi connectivity index (χ4v) is 2.43. The maximum absolute atomic E-state index is 6.22. The first kappa shape index (κ1) is 10.8. The summed E-state index contributed by atoms with van der Waals surface area (Å²) in [5.74, 6) is 0.891. The summed E-state index contributed by atoms with van der Waals surface area (Å²) in [6.45, 7) is 1.07. The lowest BCUT2D eigenvalue weighted by Crippen LogP contribution is -2.27. The normalized spacial score (nSPS) is 21.3. The first-order valence-electron chi connectivity index (χ1n) is 5.38. The van der Waals surface area contributed by atoms with Gasteiger partial charge in [-0.05, 0) is 31.5 Å². The molecule has 0 aromatic heterocycles. The monoisotopic (exact) mass is 225 g/mol. The molecular formula is C12H16ClNO. The second-order valence-electron chi connectivity index (χ2n) is 3.86. The van der Waals surface area contributed by atoms with Crippen molar-refractivity contribution in [3.8, 4) is 5.75 Å². The molecule has 0 amide bonds. The summed E-state index contributed by atoms with van der Waals surface area (Å²) in [7, 11) is 1.69. The van der Waals surface area contributed by atoms with Gasteiger partial charge in [0.25, 0.3) is 0 Å². The van der Waals surface area contributed by atoms with Crippen LogP contribution in [0.2, 0.25) is 5.02 Å². The van der Waals surface area contributed by atoms with Gasteiger partial charge in [0, 0.05) is 16.6 Å². The molecule has 0 radical (unpaired) electrons. The quantitative estimate of drug-likeness (QED) is 0.835. The van der Waals surface area contributed by atoms with Gasteiger partial charge in [-0.15, -0.1) is 0 Å². The van der Waals surface area contributed by atoms with Gasteiger partial charge in [0.05, 0.1) is 7.11 Å². The number of piperidine rings is 1. The van der Waals surface area contributed by atoms with E-state index in [-0.39, 0.29) is 0 Å². The van der Waals surface area contributed by atoms with E-state index >= 15 is 0 Å². The van der Waals surface area contributed by atoms with Gasteiger partial charge >= 0.3 is 0 Å². The Morgan fingerprint density at radius 1 is 1.40 bits per heavy atom. The first-order chi connectivity index (χ1) is 7.33. The molecule has 15 heavy (non-hydrogen) atoms. The maximum Gasteiger partial charge on any atom is 0.125 e. The van der Waals surface area contributed by atoms with Crippen LogP contribution in [-0.2, 0) is 0 Å². The molecule has 0 aliphatic carbocycles. The molecule has 2 rings (SSSR count). The van der Waals surface area contributed by atoms with E-state index in [1.807, 2.05) is 18.2 Å². The topological polar surface area (TPSA) is 21.3 Å². The minimum Gasteiger partial charge on any atom is -0.496 e. The van der Waals surface area contributed by atoms with E-state index in [4.69, 9.17) is 16.3 Å². The molecule has 1 aromatic carbocycles. The summed E-state index contributed by atoms with van der Waals surface area (Å²) < 4.78 is 5.35. The fourth-order valence-electron chi connectivity index (χ4n) is 2.13. The zero-order valence-electron chi connectivity index (χ0n) is 8.92. The molecule has 3 heteroatoms. The Hall–Kier alpha value is -0.730. The number of rotatable bonds is 2. The zero-order chi connectivity index (χ0) is 10.7. The number of halogens is 1. The van der Waals surface area contributed by atoms with Gasteiger partial charge in [0.1, 0.15) is 5.75 Å². The summed E-state index contributed by atoms with van der Waals surface area (Å²) >= 11 is 6.22. The van der Waals surface area contributed by atoms with Crippen LogP contribution in [0, 0.1) is 0 Å². The van der Waals surface area contributed by atoms with Crippen molar-refractivity contribution in [2.45, 2.75) is 25.3 Å². The number of hydrogen-bond acceptors (Lipinski definition) is 2. The predicted octanol–water partition coefficient (Wildman–Crippen LogP) is 3.16. The number of ether oxygens (including phenoxy) is 1. The van der Waals surface area contributed by atoms with Gasteiger partial charge in [0.15, 0.2) is 0 Å². The predicted molar refractivity (Wildman–Crippen MR) is 62.6 cm³/mol. The lowest BCUT2D eigenvalue weighted by Gasteiger charge is -2.26. The van der Waals surface area contributed by atoms with Crippen molar-refractivity contribution in [2.75, 3.05) is 13.7 Å². The van der Waals surface area contributed by atoms with E-state index in [9.17, 15) is 0 Å². The molecule has 1 saturated heterocycles. The minimum atomic E-state index is 0.349.